The Morgan fingerprint density at radius 2 is 2.00 bits per heavy atom. The van der Waals surface area contributed by atoms with Crippen LogP contribution in [0, 0.1) is 0 Å². The van der Waals surface area contributed by atoms with Crippen LogP contribution in [0.2, 0.25) is 0 Å². The van der Waals surface area contributed by atoms with Crippen molar-refractivity contribution < 1.29 is 4.74 Å². The van der Waals surface area contributed by atoms with E-state index in [0.717, 1.165) is 23.6 Å². The molecule has 0 bridgehead atoms. The molecule has 25 heavy (non-hydrogen) atoms. The molecule has 0 fully saturated rings. The van der Waals surface area contributed by atoms with Gasteiger partial charge < -0.3 is 15.0 Å². The maximum Gasteiger partial charge on any atom is 0.229 e. The van der Waals surface area contributed by atoms with E-state index in [0.29, 0.717) is 19.1 Å². The van der Waals surface area contributed by atoms with Crippen LogP contribution in [0.4, 0.5) is 11.8 Å². The van der Waals surface area contributed by atoms with Gasteiger partial charge in [0.25, 0.3) is 0 Å². The lowest BCUT2D eigenvalue weighted by atomic mass is 10.3. The Hall–Kier alpha value is -2.93. The molecule has 0 unspecified atom stereocenters. The lowest BCUT2D eigenvalue weighted by molar-refractivity contribution is 0.206. The maximum atomic E-state index is 5.09. The molecular weight excluding hydrogens is 316 g/mol. The normalized spacial score (nSPS) is 10.6. The van der Waals surface area contributed by atoms with Gasteiger partial charge in [-0.05, 0) is 23.8 Å². The second-order valence-corrected chi connectivity index (χ2v) is 5.65. The Kier molecular flexibility index (Phi) is 5.58. The first kappa shape index (κ1) is 16.9. The lowest BCUT2D eigenvalue weighted by Gasteiger charge is -2.17. The zero-order valence-electron chi connectivity index (χ0n) is 14.5. The number of para-hydroxylation sites is 1. The van der Waals surface area contributed by atoms with Gasteiger partial charge in [0, 0.05) is 33.4 Å². The standard InChI is InChI=1S/C18H22N6O/c1-23(10-11-25-2)17-9-8-15(12-19-17)13-20-18-22-21-14-24(18)16-6-4-3-5-7-16/h3-9,12,14H,10-11,13H2,1-2H3,(H,20,22). The largest absolute Gasteiger partial charge is 0.383 e. The summed E-state index contributed by atoms with van der Waals surface area (Å²) in [6.07, 6.45) is 3.57. The Bertz CT molecular complexity index is 772. The molecule has 2 aromatic heterocycles. The molecule has 7 nitrogen and oxygen atoms in total. The fourth-order valence-corrected chi connectivity index (χ4v) is 2.40. The highest BCUT2D eigenvalue weighted by Gasteiger charge is 2.06. The van der Waals surface area contributed by atoms with Crippen LogP contribution < -0.4 is 10.2 Å². The summed E-state index contributed by atoms with van der Waals surface area (Å²) in [7, 11) is 3.70. The molecule has 1 aromatic carbocycles. The van der Waals surface area contributed by atoms with Crippen molar-refractivity contribution in [2.45, 2.75) is 6.54 Å². The quantitative estimate of drug-likeness (QED) is 0.680. The van der Waals surface area contributed by atoms with Crippen LogP contribution in [0.25, 0.3) is 5.69 Å². The zero-order valence-corrected chi connectivity index (χ0v) is 14.5. The molecule has 0 amide bonds. The van der Waals surface area contributed by atoms with Crippen LogP contribution in [0.1, 0.15) is 5.56 Å². The van der Waals surface area contributed by atoms with Gasteiger partial charge in [0.1, 0.15) is 12.1 Å². The lowest BCUT2D eigenvalue weighted by Crippen LogP contribution is -2.23. The van der Waals surface area contributed by atoms with E-state index in [9.17, 15) is 0 Å². The van der Waals surface area contributed by atoms with E-state index >= 15 is 0 Å². The van der Waals surface area contributed by atoms with Gasteiger partial charge in [-0.2, -0.15) is 0 Å². The topological polar surface area (TPSA) is 68.1 Å². The summed E-state index contributed by atoms with van der Waals surface area (Å²) in [5.41, 5.74) is 2.09. The Labute approximate surface area is 147 Å². The molecule has 3 aromatic rings. The molecule has 0 saturated carbocycles. The summed E-state index contributed by atoms with van der Waals surface area (Å²) in [6.45, 7) is 2.11. The summed E-state index contributed by atoms with van der Waals surface area (Å²) in [6, 6.07) is 14.1. The number of rotatable bonds is 8. The molecule has 0 aliphatic rings. The van der Waals surface area contributed by atoms with Crippen molar-refractivity contribution in [2.24, 2.45) is 0 Å². The van der Waals surface area contributed by atoms with Gasteiger partial charge >= 0.3 is 0 Å². The van der Waals surface area contributed by atoms with E-state index in [4.69, 9.17) is 4.74 Å². The fraction of sp³-hybridized carbons (Fsp3) is 0.278. The number of benzene rings is 1. The number of hydrogen-bond acceptors (Lipinski definition) is 6. The molecular formula is C18H22N6O. The number of anilines is 2. The number of pyridine rings is 1. The van der Waals surface area contributed by atoms with Crippen LogP contribution in [0.5, 0.6) is 0 Å². The average Bonchev–Trinajstić information content (AvgIpc) is 3.14. The summed E-state index contributed by atoms with van der Waals surface area (Å²) in [5.74, 6) is 1.63. The van der Waals surface area contributed by atoms with Crippen LogP contribution in [0.3, 0.4) is 0 Å². The number of aromatic nitrogens is 4. The highest BCUT2D eigenvalue weighted by molar-refractivity contribution is 5.42. The van der Waals surface area contributed by atoms with Crippen LogP contribution >= 0.6 is 0 Å². The van der Waals surface area contributed by atoms with Gasteiger partial charge in [0.05, 0.1) is 12.3 Å². The molecule has 0 aliphatic heterocycles. The first-order valence-corrected chi connectivity index (χ1v) is 8.12. The van der Waals surface area contributed by atoms with Crippen molar-refractivity contribution >= 4 is 11.8 Å². The van der Waals surface area contributed by atoms with Crippen LogP contribution in [-0.4, -0.2) is 47.1 Å². The number of methoxy groups -OCH3 is 1. The van der Waals surface area contributed by atoms with Gasteiger partial charge in [-0.15, -0.1) is 10.2 Å². The molecule has 2 heterocycles. The Balaban J connectivity index is 1.62. The minimum Gasteiger partial charge on any atom is -0.383 e. The van der Waals surface area contributed by atoms with Gasteiger partial charge in [-0.1, -0.05) is 24.3 Å². The van der Waals surface area contributed by atoms with Gasteiger partial charge in [0.15, 0.2) is 0 Å². The first-order chi connectivity index (χ1) is 12.3. The minimum atomic E-state index is 0.626. The minimum absolute atomic E-state index is 0.626. The Morgan fingerprint density at radius 1 is 1.16 bits per heavy atom. The van der Waals surface area contributed by atoms with Crippen molar-refractivity contribution in [3.05, 3.63) is 60.6 Å². The van der Waals surface area contributed by atoms with Gasteiger partial charge in [-0.25, -0.2) is 4.98 Å². The number of hydrogen-bond donors (Lipinski definition) is 1. The molecule has 0 aliphatic carbocycles. The molecule has 0 radical (unpaired) electrons. The number of likely N-dealkylation sites (N-methyl/N-ethyl adjacent to an activating group) is 1. The average molecular weight is 338 g/mol. The molecule has 130 valence electrons. The first-order valence-electron chi connectivity index (χ1n) is 8.12. The zero-order chi connectivity index (χ0) is 17.5. The monoisotopic (exact) mass is 338 g/mol. The summed E-state index contributed by atoms with van der Waals surface area (Å²) >= 11 is 0. The van der Waals surface area contributed by atoms with Crippen LogP contribution in [-0.2, 0) is 11.3 Å². The van der Waals surface area contributed by atoms with E-state index in [1.807, 2.05) is 54.2 Å². The summed E-state index contributed by atoms with van der Waals surface area (Å²) in [5, 5.41) is 11.4. The number of nitrogens with zero attached hydrogens (tertiary/aromatic N) is 5. The molecule has 0 saturated heterocycles. The highest BCUT2D eigenvalue weighted by atomic mass is 16.5. The van der Waals surface area contributed by atoms with E-state index < -0.39 is 0 Å². The second-order valence-electron chi connectivity index (χ2n) is 5.65. The fourth-order valence-electron chi connectivity index (χ4n) is 2.40. The third-order valence-corrected chi connectivity index (χ3v) is 3.86. The van der Waals surface area contributed by atoms with E-state index in [2.05, 4.69) is 31.5 Å². The number of ether oxygens (including phenoxy) is 1. The second kappa shape index (κ2) is 8.25. The van der Waals surface area contributed by atoms with Gasteiger partial charge in [-0.3, -0.25) is 4.57 Å². The summed E-state index contributed by atoms with van der Waals surface area (Å²) < 4.78 is 7.01. The van der Waals surface area contributed by atoms with Crippen molar-refractivity contribution in [2.75, 3.05) is 37.5 Å². The molecule has 0 spiro atoms. The predicted molar refractivity (Wildman–Crippen MR) is 98.1 cm³/mol. The van der Waals surface area contributed by atoms with Crippen molar-refractivity contribution in [3.63, 3.8) is 0 Å². The van der Waals surface area contributed by atoms with E-state index in [-0.39, 0.29) is 0 Å². The SMILES string of the molecule is COCCN(C)c1ccc(CNc2nncn2-c2ccccc2)cn1. The Morgan fingerprint density at radius 3 is 2.72 bits per heavy atom. The maximum absolute atomic E-state index is 5.09. The number of nitrogens with one attached hydrogen (secondary N) is 1. The third kappa shape index (κ3) is 4.33. The van der Waals surface area contributed by atoms with Gasteiger partial charge in [0.2, 0.25) is 5.95 Å². The smallest absolute Gasteiger partial charge is 0.229 e. The molecule has 0 atom stereocenters. The summed E-state index contributed by atoms with van der Waals surface area (Å²) in [4.78, 5) is 6.56. The highest BCUT2D eigenvalue weighted by Crippen LogP contribution is 2.14. The third-order valence-electron chi connectivity index (χ3n) is 3.86. The molecule has 3 rings (SSSR count). The molecule has 7 heteroatoms. The van der Waals surface area contributed by atoms with Crippen molar-refractivity contribution in [1.29, 1.82) is 0 Å². The van der Waals surface area contributed by atoms with E-state index in [1.54, 1.807) is 13.4 Å². The van der Waals surface area contributed by atoms with Crippen LogP contribution in [0.15, 0.2) is 55.0 Å². The van der Waals surface area contributed by atoms with Crippen molar-refractivity contribution in [3.8, 4) is 5.69 Å². The van der Waals surface area contributed by atoms with Crippen molar-refractivity contribution in [1.82, 2.24) is 19.7 Å². The predicted octanol–water partition coefficient (Wildman–Crippen LogP) is 2.36. The molecule has 1 N–H and O–H groups in total. The van der Waals surface area contributed by atoms with E-state index in [1.165, 1.54) is 0 Å².